The summed E-state index contributed by atoms with van der Waals surface area (Å²) < 4.78 is 0. The molecule has 2 fully saturated rings. The zero-order valence-corrected chi connectivity index (χ0v) is 16.1. The SMILES string of the molecule is C#CC[C@@]12C[C@@H]1CC1(CC3CC3)N[C@@](C)(c3ccccc31)c1ccccc12. The van der Waals surface area contributed by atoms with Gasteiger partial charge in [0.15, 0.2) is 0 Å². The van der Waals surface area contributed by atoms with Gasteiger partial charge in [0.05, 0.1) is 5.54 Å². The normalized spacial score (nSPS) is 38.0. The van der Waals surface area contributed by atoms with Crippen LogP contribution in [0.15, 0.2) is 48.5 Å². The molecule has 136 valence electrons. The largest absolute Gasteiger partial charge is 0.294 e. The number of rotatable bonds is 3. The molecule has 4 atom stereocenters. The summed E-state index contributed by atoms with van der Waals surface area (Å²) in [6.45, 7) is 2.41. The van der Waals surface area contributed by atoms with Crippen LogP contribution in [0.4, 0.5) is 0 Å². The van der Waals surface area contributed by atoms with Gasteiger partial charge >= 0.3 is 0 Å². The number of hydrogen-bond donors (Lipinski definition) is 1. The average molecular weight is 354 g/mol. The fourth-order valence-electron chi connectivity index (χ4n) is 6.63. The third-order valence-electron chi connectivity index (χ3n) is 8.05. The van der Waals surface area contributed by atoms with E-state index < -0.39 is 0 Å². The lowest BCUT2D eigenvalue weighted by atomic mass is 9.75. The summed E-state index contributed by atoms with van der Waals surface area (Å²) in [4.78, 5) is 0. The van der Waals surface area contributed by atoms with Crippen molar-refractivity contribution in [3.05, 3.63) is 70.8 Å². The van der Waals surface area contributed by atoms with Crippen molar-refractivity contribution in [1.29, 1.82) is 0 Å². The van der Waals surface area contributed by atoms with Gasteiger partial charge in [-0.1, -0.05) is 61.4 Å². The van der Waals surface area contributed by atoms with Crippen LogP contribution in [0, 0.1) is 24.2 Å². The lowest BCUT2D eigenvalue weighted by Gasteiger charge is -2.40. The minimum absolute atomic E-state index is 0.112. The second-order valence-corrected chi connectivity index (χ2v) is 9.71. The number of terminal acetylenes is 1. The number of fused-ring (bicyclic) bond motifs is 9. The van der Waals surface area contributed by atoms with E-state index in [9.17, 15) is 0 Å². The lowest BCUT2D eigenvalue weighted by Crippen LogP contribution is -2.49. The maximum atomic E-state index is 5.88. The van der Waals surface area contributed by atoms with Crippen molar-refractivity contribution in [2.75, 3.05) is 0 Å². The van der Waals surface area contributed by atoms with Gasteiger partial charge in [0.1, 0.15) is 0 Å². The van der Waals surface area contributed by atoms with Crippen LogP contribution in [0.25, 0.3) is 0 Å². The fourth-order valence-corrected chi connectivity index (χ4v) is 6.63. The molecular formula is C26H27N. The first kappa shape index (κ1) is 16.0. The smallest absolute Gasteiger partial charge is 0.0675 e. The Labute approximate surface area is 162 Å². The summed E-state index contributed by atoms with van der Waals surface area (Å²) in [5.74, 6) is 4.62. The van der Waals surface area contributed by atoms with Crippen LogP contribution in [-0.2, 0) is 16.5 Å². The van der Waals surface area contributed by atoms with Gasteiger partial charge in [-0.25, -0.2) is 0 Å². The number of nitrogens with one attached hydrogen (secondary N) is 1. The highest BCUT2D eigenvalue weighted by Crippen LogP contribution is 2.67. The first-order valence-corrected chi connectivity index (χ1v) is 10.5. The van der Waals surface area contributed by atoms with Crippen molar-refractivity contribution in [2.24, 2.45) is 11.8 Å². The van der Waals surface area contributed by atoms with Crippen molar-refractivity contribution in [3.63, 3.8) is 0 Å². The summed E-state index contributed by atoms with van der Waals surface area (Å²) in [6.07, 6.45) is 13.3. The van der Waals surface area contributed by atoms with Gasteiger partial charge < -0.3 is 0 Å². The first-order valence-electron chi connectivity index (χ1n) is 10.5. The van der Waals surface area contributed by atoms with Gasteiger partial charge in [0, 0.05) is 17.4 Å². The first-order chi connectivity index (χ1) is 13.1. The molecule has 2 bridgehead atoms. The Kier molecular flexibility index (Phi) is 2.99. The quantitative estimate of drug-likeness (QED) is 0.745. The second kappa shape index (κ2) is 5.06. The molecule has 0 saturated heterocycles. The summed E-state index contributed by atoms with van der Waals surface area (Å²) in [7, 11) is 0. The number of benzene rings is 2. The molecule has 2 saturated carbocycles. The molecule has 6 rings (SSSR count). The summed E-state index contributed by atoms with van der Waals surface area (Å²) in [6, 6.07) is 18.3. The molecule has 0 spiro atoms. The highest BCUT2D eigenvalue weighted by Gasteiger charge is 2.64. The molecule has 0 radical (unpaired) electrons. The van der Waals surface area contributed by atoms with Gasteiger partial charge in [0.25, 0.3) is 0 Å². The van der Waals surface area contributed by atoms with E-state index in [0.717, 1.165) is 12.3 Å². The van der Waals surface area contributed by atoms with Crippen LogP contribution >= 0.6 is 0 Å². The Morgan fingerprint density at radius 2 is 1.59 bits per heavy atom. The van der Waals surface area contributed by atoms with E-state index in [4.69, 9.17) is 6.42 Å². The van der Waals surface area contributed by atoms with E-state index >= 15 is 0 Å². The van der Waals surface area contributed by atoms with E-state index in [-0.39, 0.29) is 16.5 Å². The van der Waals surface area contributed by atoms with E-state index in [0.29, 0.717) is 5.92 Å². The van der Waals surface area contributed by atoms with Crippen molar-refractivity contribution >= 4 is 0 Å². The summed E-state index contributed by atoms with van der Waals surface area (Å²) in [5, 5.41) is 4.24. The predicted molar refractivity (Wildman–Crippen MR) is 109 cm³/mol. The van der Waals surface area contributed by atoms with Crippen molar-refractivity contribution in [1.82, 2.24) is 5.32 Å². The van der Waals surface area contributed by atoms with E-state index in [1.807, 2.05) is 0 Å². The molecule has 4 aliphatic rings. The predicted octanol–water partition coefficient (Wildman–Crippen LogP) is 5.23. The van der Waals surface area contributed by atoms with Gasteiger partial charge in [-0.15, -0.1) is 12.3 Å². The molecule has 1 heteroatoms. The molecule has 2 aromatic rings. The van der Waals surface area contributed by atoms with Crippen LogP contribution in [0.3, 0.4) is 0 Å². The van der Waals surface area contributed by atoms with Crippen molar-refractivity contribution < 1.29 is 0 Å². The maximum Gasteiger partial charge on any atom is 0.0675 e. The zero-order valence-electron chi connectivity index (χ0n) is 16.1. The molecule has 27 heavy (non-hydrogen) atoms. The Hall–Kier alpha value is -2.04. The summed E-state index contributed by atoms with van der Waals surface area (Å²) in [5.41, 5.74) is 6.17. The van der Waals surface area contributed by atoms with Crippen LogP contribution in [-0.4, -0.2) is 0 Å². The third kappa shape index (κ3) is 2.00. The monoisotopic (exact) mass is 353 g/mol. The zero-order chi connectivity index (χ0) is 18.3. The lowest BCUT2D eigenvalue weighted by molar-refractivity contribution is 0.218. The van der Waals surface area contributed by atoms with Crippen LogP contribution in [0.5, 0.6) is 0 Å². The molecule has 1 N–H and O–H groups in total. The molecular weight excluding hydrogens is 326 g/mol. The van der Waals surface area contributed by atoms with E-state index in [1.165, 1.54) is 48.8 Å². The molecule has 2 heterocycles. The van der Waals surface area contributed by atoms with E-state index in [1.54, 1.807) is 5.56 Å². The maximum absolute atomic E-state index is 5.88. The van der Waals surface area contributed by atoms with Crippen molar-refractivity contribution in [3.8, 4) is 12.3 Å². The standard InChI is InChI=1S/C26H27N/c1-3-14-25-16-19(25)17-26(15-18-12-13-18)23-11-7-5-9-21(23)24(2,27-26)20-8-4-6-10-22(20)25/h1,4-11,18-19,27H,12-17H2,2H3/t19-,24-,25-,26?/m1/s1. The van der Waals surface area contributed by atoms with Crippen LogP contribution in [0.2, 0.25) is 0 Å². The van der Waals surface area contributed by atoms with Gasteiger partial charge in [-0.2, -0.15) is 0 Å². The van der Waals surface area contributed by atoms with Gasteiger partial charge in [0.2, 0.25) is 0 Å². The molecule has 1 nitrogen and oxygen atoms in total. The molecule has 2 aromatic carbocycles. The van der Waals surface area contributed by atoms with Gasteiger partial charge in [-0.3, -0.25) is 5.32 Å². The Bertz CT molecular complexity index is 980. The molecule has 0 amide bonds. The van der Waals surface area contributed by atoms with Crippen LogP contribution < -0.4 is 5.32 Å². The third-order valence-corrected chi connectivity index (χ3v) is 8.05. The molecule has 2 aliphatic heterocycles. The van der Waals surface area contributed by atoms with Crippen molar-refractivity contribution in [2.45, 2.75) is 61.9 Å². The Balaban J connectivity index is 1.63. The van der Waals surface area contributed by atoms with Gasteiger partial charge in [-0.05, 0) is 60.3 Å². The minimum atomic E-state index is -0.128. The second-order valence-electron chi connectivity index (χ2n) is 9.71. The molecule has 0 aromatic heterocycles. The topological polar surface area (TPSA) is 12.0 Å². The molecule has 2 aliphatic carbocycles. The number of hydrogen-bond acceptors (Lipinski definition) is 1. The highest BCUT2D eigenvalue weighted by atomic mass is 15.1. The average Bonchev–Trinajstić information content (AvgIpc) is 3.59. The fraction of sp³-hybridized carbons (Fsp3) is 0.462. The summed E-state index contributed by atoms with van der Waals surface area (Å²) >= 11 is 0. The minimum Gasteiger partial charge on any atom is -0.294 e. The Morgan fingerprint density at radius 3 is 2.26 bits per heavy atom. The van der Waals surface area contributed by atoms with E-state index in [2.05, 4.69) is 66.7 Å². The van der Waals surface area contributed by atoms with Crippen LogP contribution in [0.1, 0.15) is 67.7 Å². The Morgan fingerprint density at radius 1 is 0.963 bits per heavy atom. The molecule has 1 unspecified atom stereocenters. The highest BCUT2D eigenvalue weighted by molar-refractivity contribution is 5.57.